The zero-order chi connectivity index (χ0) is 22.8. The van der Waals surface area contributed by atoms with Gasteiger partial charge in [0.1, 0.15) is 11.9 Å². The normalized spacial score (nSPS) is 16.0. The van der Waals surface area contributed by atoms with Crippen LogP contribution in [0.2, 0.25) is 0 Å². The summed E-state index contributed by atoms with van der Waals surface area (Å²) < 4.78 is 10.1. The number of nitrogens with one attached hydrogen (secondary N) is 1. The Kier molecular flexibility index (Phi) is 9.94. The largest absolute Gasteiger partial charge is 0.500 e. The van der Waals surface area contributed by atoms with Gasteiger partial charge in [-0.25, -0.2) is 4.42 Å². The second-order valence-corrected chi connectivity index (χ2v) is 8.10. The number of hydrogen-bond donors (Lipinski definition) is 3. The zero-order valence-electron chi connectivity index (χ0n) is 18.6. The summed E-state index contributed by atoms with van der Waals surface area (Å²) >= 11 is 0. The molecule has 2 unspecified atom stereocenters. The first-order valence-corrected chi connectivity index (χ1v) is 10.9. The number of ether oxygens (including phenoxy) is 1. The van der Waals surface area contributed by atoms with Gasteiger partial charge in [-0.1, -0.05) is 6.42 Å². The van der Waals surface area contributed by atoms with E-state index in [1.54, 1.807) is 13.0 Å². The molecular weight excluding hydrogens is 400 g/mol. The first-order valence-electron chi connectivity index (χ1n) is 10.9. The molecule has 3 N–H and O–H groups in total. The van der Waals surface area contributed by atoms with Crippen LogP contribution in [0.15, 0.2) is 12.1 Å². The molecule has 1 aliphatic rings. The van der Waals surface area contributed by atoms with E-state index in [0.717, 1.165) is 38.8 Å². The molecule has 0 aromatic heterocycles. The topological polar surface area (TPSA) is 110 Å². The highest BCUT2D eigenvalue weighted by atomic mass is 16.5. The maximum atomic E-state index is 12.5. The van der Waals surface area contributed by atoms with Crippen LogP contribution in [0.1, 0.15) is 63.5 Å². The van der Waals surface area contributed by atoms with Crippen LogP contribution in [-0.2, 0) is 14.0 Å². The Labute approximate surface area is 183 Å². The number of Topliss-reactive ketones (excluding diaryl/α,β-unsaturated/α-hetero) is 1. The van der Waals surface area contributed by atoms with Crippen LogP contribution in [0.4, 0.5) is 0 Å². The lowest BCUT2D eigenvalue weighted by molar-refractivity contribution is -0.357. The highest BCUT2D eigenvalue weighted by Crippen LogP contribution is 2.39. The molecule has 1 aromatic carbocycles. The van der Waals surface area contributed by atoms with E-state index in [-0.39, 0.29) is 28.9 Å². The van der Waals surface area contributed by atoms with Crippen molar-refractivity contribution in [2.24, 2.45) is 0 Å². The number of aromatic hydroxyl groups is 1. The van der Waals surface area contributed by atoms with Gasteiger partial charge in [-0.3, -0.25) is 4.79 Å². The van der Waals surface area contributed by atoms with Crippen molar-refractivity contribution in [2.75, 3.05) is 26.7 Å². The van der Waals surface area contributed by atoms with E-state index >= 15 is 0 Å². The third kappa shape index (κ3) is 7.63. The number of aliphatic hydroxyl groups excluding tert-OH is 1. The molecule has 1 fully saturated rings. The van der Waals surface area contributed by atoms with Gasteiger partial charge in [-0.15, -0.1) is 0 Å². The molecule has 2 atom stereocenters. The monoisotopic (exact) mass is 435 g/mol. The Morgan fingerprint density at radius 2 is 1.90 bits per heavy atom. The van der Waals surface area contributed by atoms with Crippen LogP contribution < -0.4 is 10.1 Å². The number of ketones is 1. The van der Waals surface area contributed by atoms with Crippen molar-refractivity contribution in [3.05, 3.63) is 17.7 Å². The van der Waals surface area contributed by atoms with Crippen molar-refractivity contribution in [2.45, 2.75) is 64.0 Å². The average Bonchev–Trinajstić information content (AvgIpc) is 3.24. The van der Waals surface area contributed by atoms with Crippen molar-refractivity contribution in [1.29, 1.82) is 0 Å². The Hall–Kier alpha value is -2.45. The van der Waals surface area contributed by atoms with Crippen molar-refractivity contribution in [3.8, 4) is 17.2 Å². The van der Waals surface area contributed by atoms with Crippen molar-refractivity contribution < 1.29 is 29.0 Å². The maximum Gasteiger partial charge on any atom is 0.434 e. The molecule has 1 amide bonds. The highest BCUT2D eigenvalue weighted by molar-refractivity contribution is 5.76. The molecule has 0 radical (unpaired) electrons. The van der Waals surface area contributed by atoms with Gasteiger partial charge < -0.3 is 30.0 Å². The second kappa shape index (κ2) is 12.4. The van der Waals surface area contributed by atoms with Crippen molar-refractivity contribution >= 4 is 18.5 Å². The molecule has 1 aromatic rings. The van der Waals surface area contributed by atoms with Gasteiger partial charge in [0.05, 0.1) is 13.2 Å². The summed E-state index contributed by atoms with van der Waals surface area (Å²) in [5.41, 5.74) is 0.418. The number of phenolic OH excluding ortho intramolecular Hbond substituents is 1. The van der Waals surface area contributed by atoms with E-state index in [2.05, 4.69) is 17.0 Å². The molecule has 1 saturated heterocycles. The predicted octanol–water partition coefficient (Wildman–Crippen LogP) is 2.63. The fourth-order valence-corrected chi connectivity index (χ4v) is 3.89. The van der Waals surface area contributed by atoms with Crippen LogP contribution in [-0.4, -0.2) is 66.4 Å². The number of carbonyl (C=O) groups is 2. The first-order chi connectivity index (χ1) is 14.8. The van der Waals surface area contributed by atoms with E-state index in [1.165, 1.54) is 13.2 Å². The number of unbranched alkanes of at least 4 members (excludes halogenated alkanes) is 2. The van der Waals surface area contributed by atoms with Crippen LogP contribution in [0, 0.1) is 0 Å². The van der Waals surface area contributed by atoms with Crippen LogP contribution in [0.25, 0.3) is 0 Å². The van der Waals surface area contributed by atoms with Gasteiger partial charge in [-0.2, -0.15) is 0 Å². The van der Waals surface area contributed by atoms with E-state index in [9.17, 15) is 19.8 Å². The fraction of sp³-hybridized carbons (Fsp3) is 0.609. The molecule has 1 aliphatic heterocycles. The number of phenols is 1. The molecule has 0 saturated carbocycles. The van der Waals surface area contributed by atoms with E-state index in [0.29, 0.717) is 31.4 Å². The lowest BCUT2D eigenvalue weighted by Crippen LogP contribution is -2.46. The molecule has 8 nitrogen and oxygen atoms in total. The first kappa shape index (κ1) is 24.8. The number of amides is 1. The third-order valence-corrected chi connectivity index (χ3v) is 5.58. The van der Waals surface area contributed by atoms with Gasteiger partial charge in [0.25, 0.3) is 6.79 Å². The number of rotatable bonds is 13. The predicted molar refractivity (Wildman–Crippen MR) is 118 cm³/mol. The summed E-state index contributed by atoms with van der Waals surface area (Å²) in [5.74, 6) is 0.164. The number of carbonyl (C=O) groups excluding carboxylic acids is 3. The van der Waals surface area contributed by atoms with E-state index < -0.39 is 12.1 Å². The van der Waals surface area contributed by atoms with Gasteiger partial charge in [0, 0.05) is 19.4 Å². The molecular formula is C23H35N2O6+. The number of methoxy groups -OCH3 is 1. The summed E-state index contributed by atoms with van der Waals surface area (Å²) in [7, 11) is 1.43. The number of aliphatic hydroxyl groups is 1. The quantitative estimate of drug-likeness (QED) is 0.325. The standard InChI is InChI=1S/C23H34N2O6/c1-16(26)9-5-4-6-10-21(28)24-18(15-25-11-7-8-12-25)22(29)17-13-19(27)23(31-3)20(14-17)30-2/h13-14,18,22,29H,3-12,15H2,1-2H3,(H-,24,27,28)/p+1. The van der Waals surface area contributed by atoms with Gasteiger partial charge >= 0.3 is 5.75 Å². The number of likely N-dealkylation sites (tertiary alicyclic amines) is 1. The van der Waals surface area contributed by atoms with Gasteiger partial charge in [0.15, 0.2) is 0 Å². The molecule has 0 bridgehead atoms. The van der Waals surface area contributed by atoms with E-state index in [4.69, 9.17) is 9.16 Å². The zero-order valence-corrected chi connectivity index (χ0v) is 18.6. The summed E-state index contributed by atoms with van der Waals surface area (Å²) in [4.78, 5) is 25.8. The molecule has 1 heterocycles. The summed E-state index contributed by atoms with van der Waals surface area (Å²) in [6.07, 6.45) is 4.30. The molecule has 31 heavy (non-hydrogen) atoms. The SMILES string of the molecule is C=[O+]c1c(O)cc(C(O)C(CN2CCCC2)NC(=O)CCCCCC(C)=O)cc1OC. The highest BCUT2D eigenvalue weighted by Gasteiger charge is 2.29. The molecule has 0 spiro atoms. The van der Waals surface area contributed by atoms with Crippen molar-refractivity contribution in [3.63, 3.8) is 0 Å². The third-order valence-electron chi connectivity index (χ3n) is 5.58. The van der Waals surface area contributed by atoms with Crippen molar-refractivity contribution in [1.82, 2.24) is 10.2 Å². The Morgan fingerprint density at radius 1 is 1.23 bits per heavy atom. The van der Waals surface area contributed by atoms with Crippen LogP contribution in [0.3, 0.4) is 0 Å². The van der Waals surface area contributed by atoms with Crippen LogP contribution >= 0.6 is 0 Å². The smallest absolute Gasteiger partial charge is 0.434 e. The number of benzene rings is 1. The fourth-order valence-electron chi connectivity index (χ4n) is 3.89. The second-order valence-electron chi connectivity index (χ2n) is 8.10. The average molecular weight is 436 g/mol. The van der Waals surface area contributed by atoms with Crippen LogP contribution in [0.5, 0.6) is 17.2 Å². The lowest BCUT2D eigenvalue weighted by atomic mass is 10.00. The summed E-state index contributed by atoms with van der Waals surface area (Å²) in [6.45, 7) is 7.23. The molecule has 172 valence electrons. The van der Waals surface area contributed by atoms with E-state index in [1.807, 2.05) is 0 Å². The lowest BCUT2D eigenvalue weighted by Gasteiger charge is -2.29. The maximum absolute atomic E-state index is 12.5. The molecule has 8 heteroatoms. The minimum atomic E-state index is -1.04. The summed E-state index contributed by atoms with van der Waals surface area (Å²) in [5, 5.41) is 24.3. The minimum absolute atomic E-state index is 0.0872. The Morgan fingerprint density at radius 3 is 2.52 bits per heavy atom. The number of nitrogens with zero attached hydrogens (tertiary/aromatic N) is 1. The van der Waals surface area contributed by atoms with Gasteiger partial charge in [-0.05, 0) is 63.4 Å². The molecule has 0 aliphatic carbocycles. The number of hydrogen-bond acceptors (Lipinski definition) is 6. The minimum Gasteiger partial charge on any atom is -0.500 e. The Balaban J connectivity index is 2.08. The van der Waals surface area contributed by atoms with Gasteiger partial charge in [0.2, 0.25) is 17.4 Å². The Bertz CT molecular complexity index is 761. The summed E-state index contributed by atoms with van der Waals surface area (Å²) in [6, 6.07) is 2.44. The molecule has 2 rings (SSSR count).